The first kappa shape index (κ1) is 18.0. The van der Waals surface area contributed by atoms with Crippen molar-refractivity contribution in [2.45, 2.75) is 0 Å². The van der Waals surface area contributed by atoms with E-state index in [4.69, 9.17) is 4.74 Å². The van der Waals surface area contributed by atoms with Crippen molar-refractivity contribution in [2.75, 3.05) is 12.4 Å². The number of para-hydroxylation sites is 1. The standard InChI is InChI=1S/C24H19NO2S/c1-27-24(26)21-16-22(25-20-10-6-3-7-11-20)28-23(21)19-14-12-18(13-15-19)17-8-4-2-5-9-17/h2-16,25H,1H3. The van der Waals surface area contributed by atoms with Crippen LogP contribution in [0, 0.1) is 0 Å². The summed E-state index contributed by atoms with van der Waals surface area (Å²) in [5.41, 5.74) is 4.85. The minimum absolute atomic E-state index is 0.334. The van der Waals surface area contributed by atoms with Gasteiger partial charge in [-0.25, -0.2) is 4.79 Å². The molecule has 0 spiro atoms. The number of hydrogen-bond donors (Lipinski definition) is 1. The summed E-state index contributed by atoms with van der Waals surface area (Å²) >= 11 is 1.54. The first-order valence-electron chi connectivity index (χ1n) is 8.94. The SMILES string of the molecule is COC(=O)c1cc(Nc2ccccc2)sc1-c1ccc(-c2ccccc2)cc1. The average molecular weight is 385 g/mol. The highest BCUT2D eigenvalue weighted by Crippen LogP contribution is 2.38. The molecule has 138 valence electrons. The Balaban J connectivity index is 1.68. The number of thiophene rings is 1. The Hall–Kier alpha value is -3.37. The van der Waals surface area contributed by atoms with E-state index in [-0.39, 0.29) is 5.97 Å². The summed E-state index contributed by atoms with van der Waals surface area (Å²) < 4.78 is 4.99. The highest BCUT2D eigenvalue weighted by molar-refractivity contribution is 7.19. The van der Waals surface area contributed by atoms with Gasteiger partial charge in [0.25, 0.3) is 0 Å². The predicted octanol–water partition coefficient (Wildman–Crippen LogP) is 6.61. The lowest BCUT2D eigenvalue weighted by Crippen LogP contribution is -2.00. The lowest BCUT2D eigenvalue weighted by Gasteiger charge is -2.05. The molecule has 1 aromatic heterocycles. The molecule has 0 radical (unpaired) electrons. The lowest BCUT2D eigenvalue weighted by atomic mass is 10.0. The summed E-state index contributed by atoms with van der Waals surface area (Å²) in [5, 5.41) is 4.26. The van der Waals surface area contributed by atoms with Crippen molar-refractivity contribution >= 4 is 28.0 Å². The molecule has 0 saturated heterocycles. The van der Waals surface area contributed by atoms with Gasteiger partial charge in [0.05, 0.1) is 22.6 Å². The van der Waals surface area contributed by atoms with Crippen molar-refractivity contribution in [3.8, 4) is 21.6 Å². The van der Waals surface area contributed by atoms with Gasteiger partial charge in [-0.05, 0) is 34.9 Å². The third kappa shape index (κ3) is 3.82. The molecule has 0 unspecified atom stereocenters. The van der Waals surface area contributed by atoms with E-state index >= 15 is 0 Å². The third-order valence-corrected chi connectivity index (χ3v) is 5.53. The molecule has 0 fully saturated rings. The normalized spacial score (nSPS) is 10.5. The summed E-state index contributed by atoms with van der Waals surface area (Å²) in [4.78, 5) is 13.2. The highest BCUT2D eigenvalue weighted by atomic mass is 32.1. The molecule has 28 heavy (non-hydrogen) atoms. The molecule has 0 bridgehead atoms. The molecular formula is C24H19NO2S. The van der Waals surface area contributed by atoms with Gasteiger partial charge in [0.15, 0.2) is 0 Å². The van der Waals surface area contributed by atoms with E-state index < -0.39 is 0 Å². The second-order valence-electron chi connectivity index (χ2n) is 6.28. The quantitative estimate of drug-likeness (QED) is 0.393. The molecule has 0 atom stereocenters. The number of carbonyl (C=O) groups excluding carboxylic acids is 1. The summed E-state index contributed by atoms with van der Waals surface area (Å²) in [5.74, 6) is -0.334. The molecule has 0 aliphatic carbocycles. The molecule has 1 N–H and O–H groups in total. The molecule has 4 heteroatoms. The number of benzene rings is 3. The van der Waals surface area contributed by atoms with Crippen molar-refractivity contribution in [3.05, 3.63) is 96.6 Å². The zero-order valence-electron chi connectivity index (χ0n) is 15.4. The van der Waals surface area contributed by atoms with E-state index in [0.717, 1.165) is 26.7 Å². The van der Waals surface area contributed by atoms with Gasteiger partial charge in [0, 0.05) is 5.69 Å². The van der Waals surface area contributed by atoms with Crippen LogP contribution in [-0.4, -0.2) is 13.1 Å². The van der Waals surface area contributed by atoms with Crippen molar-refractivity contribution in [1.82, 2.24) is 0 Å². The van der Waals surface area contributed by atoms with Crippen molar-refractivity contribution in [1.29, 1.82) is 0 Å². The maximum absolute atomic E-state index is 12.3. The largest absolute Gasteiger partial charge is 0.465 e. The molecule has 3 aromatic carbocycles. The smallest absolute Gasteiger partial charge is 0.339 e. The zero-order valence-corrected chi connectivity index (χ0v) is 16.2. The van der Waals surface area contributed by atoms with Crippen LogP contribution in [-0.2, 0) is 4.74 Å². The fourth-order valence-electron chi connectivity index (χ4n) is 3.04. The Kier molecular flexibility index (Phi) is 5.22. The Morgan fingerprint density at radius 3 is 2.00 bits per heavy atom. The molecule has 0 amide bonds. The zero-order chi connectivity index (χ0) is 19.3. The summed E-state index contributed by atoms with van der Waals surface area (Å²) in [7, 11) is 1.41. The molecule has 4 rings (SSSR count). The second-order valence-corrected chi connectivity index (χ2v) is 7.33. The second kappa shape index (κ2) is 8.11. The lowest BCUT2D eigenvalue weighted by molar-refractivity contribution is 0.0602. The molecular weight excluding hydrogens is 366 g/mol. The van der Waals surface area contributed by atoms with Crippen LogP contribution in [0.15, 0.2) is 91.0 Å². The van der Waals surface area contributed by atoms with Crippen LogP contribution < -0.4 is 5.32 Å². The number of rotatable bonds is 5. The monoisotopic (exact) mass is 385 g/mol. The van der Waals surface area contributed by atoms with Crippen LogP contribution in [0.2, 0.25) is 0 Å². The van der Waals surface area contributed by atoms with E-state index in [1.165, 1.54) is 12.7 Å². The van der Waals surface area contributed by atoms with Crippen LogP contribution in [0.3, 0.4) is 0 Å². The first-order valence-corrected chi connectivity index (χ1v) is 9.76. The van der Waals surface area contributed by atoms with E-state index in [9.17, 15) is 4.79 Å². The van der Waals surface area contributed by atoms with Crippen LogP contribution in [0.1, 0.15) is 10.4 Å². The maximum atomic E-state index is 12.3. The van der Waals surface area contributed by atoms with E-state index in [1.807, 2.05) is 66.7 Å². The molecule has 0 aliphatic heterocycles. The summed E-state index contributed by atoms with van der Waals surface area (Å²) in [6.45, 7) is 0. The number of nitrogens with one attached hydrogen (secondary N) is 1. The van der Waals surface area contributed by atoms with E-state index in [1.54, 1.807) is 11.3 Å². The van der Waals surface area contributed by atoms with Crippen molar-refractivity contribution in [2.24, 2.45) is 0 Å². The Bertz CT molecular complexity index is 1070. The first-order chi connectivity index (χ1) is 13.7. The minimum atomic E-state index is -0.334. The van der Waals surface area contributed by atoms with Gasteiger partial charge < -0.3 is 10.1 Å². The molecule has 4 aromatic rings. The van der Waals surface area contributed by atoms with Crippen molar-refractivity contribution < 1.29 is 9.53 Å². The number of esters is 1. The molecule has 0 aliphatic rings. The number of hydrogen-bond acceptors (Lipinski definition) is 4. The van der Waals surface area contributed by atoms with Gasteiger partial charge >= 0.3 is 5.97 Å². The number of anilines is 2. The van der Waals surface area contributed by atoms with E-state index in [0.29, 0.717) is 5.56 Å². The Morgan fingerprint density at radius 2 is 1.36 bits per heavy atom. The van der Waals surface area contributed by atoms with Crippen molar-refractivity contribution in [3.63, 3.8) is 0 Å². The van der Waals surface area contributed by atoms with Crippen LogP contribution in [0.4, 0.5) is 10.7 Å². The molecule has 0 saturated carbocycles. The maximum Gasteiger partial charge on any atom is 0.339 e. The van der Waals surface area contributed by atoms with Crippen LogP contribution in [0.25, 0.3) is 21.6 Å². The summed E-state index contributed by atoms with van der Waals surface area (Å²) in [6.07, 6.45) is 0. The van der Waals surface area contributed by atoms with Gasteiger partial charge in [0.1, 0.15) is 0 Å². The summed E-state index contributed by atoms with van der Waals surface area (Å²) in [6, 6.07) is 30.2. The fraction of sp³-hybridized carbons (Fsp3) is 0.0417. The third-order valence-electron chi connectivity index (χ3n) is 4.43. The highest BCUT2D eigenvalue weighted by Gasteiger charge is 2.18. The van der Waals surface area contributed by atoms with Gasteiger partial charge in [-0.15, -0.1) is 11.3 Å². The van der Waals surface area contributed by atoms with E-state index in [2.05, 4.69) is 29.6 Å². The van der Waals surface area contributed by atoms with Gasteiger partial charge in [-0.3, -0.25) is 0 Å². The predicted molar refractivity (Wildman–Crippen MR) is 116 cm³/mol. The fourth-order valence-corrected chi connectivity index (χ4v) is 4.11. The average Bonchev–Trinajstić information content (AvgIpc) is 3.18. The van der Waals surface area contributed by atoms with Crippen LogP contribution in [0.5, 0.6) is 0 Å². The van der Waals surface area contributed by atoms with Gasteiger partial charge in [-0.2, -0.15) is 0 Å². The van der Waals surface area contributed by atoms with Crippen LogP contribution >= 0.6 is 11.3 Å². The molecule has 1 heterocycles. The Morgan fingerprint density at radius 1 is 0.786 bits per heavy atom. The van der Waals surface area contributed by atoms with Gasteiger partial charge in [0.2, 0.25) is 0 Å². The minimum Gasteiger partial charge on any atom is -0.465 e. The Labute approximate surface area is 168 Å². The topological polar surface area (TPSA) is 38.3 Å². The van der Waals surface area contributed by atoms with Gasteiger partial charge in [-0.1, -0.05) is 72.8 Å². The number of ether oxygens (including phenoxy) is 1. The number of methoxy groups -OCH3 is 1. The number of carbonyl (C=O) groups is 1. The molecule has 3 nitrogen and oxygen atoms in total.